The van der Waals surface area contributed by atoms with Crippen molar-refractivity contribution in [3.8, 4) is 11.1 Å². The topological polar surface area (TPSA) is 19.4 Å². The molecule has 3 heteroatoms. The van der Waals surface area contributed by atoms with Crippen LogP contribution in [0.25, 0.3) is 38.9 Å². The van der Waals surface area contributed by atoms with Crippen molar-refractivity contribution in [2.75, 3.05) is 16.8 Å². The van der Waals surface area contributed by atoms with Gasteiger partial charge in [-0.2, -0.15) is 0 Å². The minimum Gasteiger partial charge on any atom is -0.348 e. The quantitative estimate of drug-likeness (QED) is 0.198. The monoisotopic (exact) mass is 567 g/mol. The lowest BCUT2D eigenvalue weighted by atomic mass is 9.72. The van der Waals surface area contributed by atoms with E-state index in [0.717, 1.165) is 11.2 Å². The molecule has 0 spiro atoms. The van der Waals surface area contributed by atoms with Crippen LogP contribution in [0.5, 0.6) is 0 Å². The Kier molecular flexibility index (Phi) is 5.78. The molecule has 3 atom stereocenters. The van der Waals surface area contributed by atoms with E-state index in [1.54, 1.807) is 0 Å². The largest absolute Gasteiger partial charge is 0.348 e. The van der Waals surface area contributed by atoms with Gasteiger partial charge in [0.05, 0.1) is 28.3 Å². The van der Waals surface area contributed by atoms with E-state index in [4.69, 9.17) is 4.98 Å². The molecule has 0 saturated heterocycles. The first-order valence-corrected chi connectivity index (χ1v) is 15.9. The van der Waals surface area contributed by atoms with Crippen molar-refractivity contribution in [3.63, 3.8) is 0 Å². The summed E-state index contributed by atoms with van der Waals surface area (Å²) in [4.78, 5) is 10.2. The van der Waals surface area contributed by atoms with E-state index >= 15 is 0 Å². The fraction of sp³-hybridized carbons (Fsp3) is 0.195. The second kappa shape index (κ2) is 10.00. The first kappa shape index (κ1) is 25.4. The summed E-state index contributed by atoms with van der Waals surface area (Å²) in [5, 5.41) is 3.72. The fourth-order valence-electron chi connectivity index (χ4n) is 8.09. The van der Waals surface area contributed by atoms with Crippen LogP contribution in [0.15, 0.2) is 109 Å². The van der Waals surface area contributed by atoms with Gasteiger partial charge in [-0.1, -0.05) is 110 Å². The Balaban J connectivity index is 1.21. The summed E-state index contributed by atoms with van der Waals surface area (Å²) in [5.41, 5.74) is 11.0. The first-order chi connectivity index (χ1) is 21.8. The number of hydrogen-bond donors (Lipinski definition) is 0. The summed E-state index contributed by atoms with van der Waals surface area (Å²) >= 11 is 0. The van der Waals surface area contributed by atoms with E-state index in [1.165, 1.54) is 81.2 Å². The molecule has 0 amide bonds. The molecule has 3 aliphatic rings. The molecule has 0 bridgehead atoms. The Hall–Kier alpha value is -5.07. The molecule has 44 heavy (non-hydrogen) atoms. The summed E-state index contributed by atoms with van der Waals surface area (Å²) < 4.78 is 0. The average Bonchev–Trinajstić information content (AvgIpc) is 3.39. The van der Waals surface area contributed by atoms with Crippen molar-refractivity contribution >= 4 is 44.8 Å². The van der Waals surface area contributed by atoms with Crippen LogP contribution in [-0.2, 0) is 0 Å². The normalized spacial score (nSPS) is 20.3. The molecule has 0 radical (unpaired) electrons. The van der Waals surface area contributed by atoms with Gasteiger partial charge in [0.25, 0.3) is 0 Å². The molecule has 1 saturated carbocycles. The smallest absolute Gasteiger partial charge is 0.133 e. The van der Waals surface area contributed by atoms with Gasteiger partial charge in [0.1, 0.15) is 6.17 Å². The number of para-hydroxylation sites is 2. The Labute approximate surface area is 259 Å². The number of anilines is 3. The van der Waals surface area contributed by atoms with Crippen LogP contribution in [0.3, 0.4) is 0 Å². The van der Waals surface area contributed by atoms with Gasteiger partial charge in [-0.15, -0.1) is 0 Å². The SMILES string of the molecule is CN1c2ccccc2N(c2c#cccc2)C1c1ccc(-c2c3c(nc4c2ccc2ccccc24)[C@@H]2CCCCC2C=C3)cc1. The van der Waals surface area contributed by atoms with E-state index < -0.39 is 0 Å². The standard InChI is InChI=1S/C41H33N3/c1-43-36-17-9-10-18-37(36)44(31-13-3-2-4-14-31)41(43)30-21-19-29(20-22-30)38-34-25-23-27-11-5-7-15-32(27)39(34)42-40-33-16-8-6-12-28(33)24-26-35(38)40/h2-3,5,7,9-11,13,15,17-26,28,33,41H,6,8,12,16H2,1H3/t28?,33-,41?/m1/s1. The fourth-order valence-corrected chi connectivity index (χ4v) is 8.09. The number of nitrogens with zero attached hydrogens (tertiary/aromatic N) is 3. The molecular weight excluding hydrogens is 534 g/mol. The lowest BCUT2D eigenvalue weighted by molar-refractivity contribution is 0.354. The summed E-state index contributed by atoms with van der Waals surface area (Å²) in [6.07, 6.45) is 9.99. The number of allylic oxidation sites excluding steroid dienone is 1. The zero-order valence-electron chi connectivity index (χ0n) is 24.9. The summed E-state index contributed by atoms with van der Waals surface area (Å²) in [6, 6.07) is 43.8. The molecule has 1 aliphatic heterocycles. The van der Waals surface area contributed by atoms with Gasteiger partial charge < -0.3 is 9.80 Å². The molecule has 1 fully saturated rings. The van der Waals surface area contributed by atoms with E-state index in [9.17, 15) is 0 Å². The molecule has 6 aromatic rings. The third-order valence-electron chi connectivity index (χ3n) is 10.2. The van der Waals surface area contributed by atoms with Gasteiger partial charge in [0.15, 0.2) is 0 Å². The molecule has 2 unspecified atom stereocenters. The van der Waals surface area contributed by atoms with Crippen molar-refractivity contribution in [2.45, 2.75) is 37.8 Å². The van der Waals surface area contributed by atoms with Crippen LogP contribution in [0.4, 0.5) is 17.1 Å². The summed E-state index contributed by atoms with van der Waals surface area (Å²) in [6.45, 7) is 0. The maximum Gasteiger partial charge on any atom is 0.133 e. The second-order valence-corrected chi connectivity index (χ2v) is 12.5. The molecule has 212 valence electrons. The van der Waals surface area contributed by atoms with Crippen LogP contribution < -0.4 is 9.80 Å². The molecular formula is C41H33N3. The van der Waals surface area contributed by atoms with Gasteiger partial charge in [0.2, 0.25) is 0 Å². The minimum atomic E-state index is 0.0171. The zero-order valence-corrected chi connectivity index (χ0v) is 24.9. The molecule has 5 aromatic carbocycles. The maximum absolute atomic E-state index is 5.50. The van der Waals surface area contributed by atoms with E-state index in [-0.39, 0.29) is 6.17 Å². The van der Waals surface area contributed by atoms with E-state index in [0.29, 0.717) is 11.8 Å². The van der Waals surface area contributed by atoms with Crippen LogP contribution in [-0.4, -0.2) is 12.0 Å². The highest BCUT2D eigenvalue weighted by atomic mass is 15.4. The van der Waals surface area contributed by atoms with Crippen molar-refractivity contribution in [3.05, 3.63) is 138 Å². The van der Waals surface area contributed by atoms with Gasteiger partial charge in [0, 0.05) is 34.9 Å². The van der Waals surface area contributed by atoms with Crippen molar-refractivity contribution in [2.24, 2.45) is 5.92 Å². The van der Waals surface area contributed by atoms with Crippen molar-refractivity contribution in [1.82, 2.24) is 4.98 Å². The molecule has 9 rings (SSSR count). The number of rotatable bonds is 3. The molecule has 2 heterocycles. The van der Waals surface area contributed by atoms with E-state index in [2.05, 4.69) is 132 Å². The number of pyridine rings is 1. The van der Waals surface area contributed by atoms with E-state index in [1.807, 2.05) is 12.1 Å². The number of fused-ring (bicyclic) bond motifs is 7. The summed E-state index contributed by atoms with van der Waals surface area (Å²) in [7, 11) is 2.19. The first-order valence-electron chi connectivity index (χ1n) is 15.9. The maximum atomic E-state index is 5.50. The Morgan fingerprint density at radius 3 is 2.45 bits per heavy atom. The predicted octanol–water partition coefficient (Wildman–Crippen LogP) is 10.2. The Morgan fingerprint density at radius 1 is 0.773 bits per heavy atom. The molecule has 0 N–H and O–H groups in total. The predicted molar refractivity (Wildman–Crippen MR) is 182 cm³/mol. The highest BCUT2D eigenvalue weighted by Gasteiger charge is 2.36. The van der Waals surface area contributed by atoms with Crippen LogP contribution in [0, 0.1) is 18.1 Å². The summed E-state index contributed by atoms with van der Waals surface area (Å²) in [5.74, 6) is 1.10. The van der Waals surface area contributed by atoms with Gasteiger partial charge in [-0.05, 0) is 65.6 Å². The molecule has 1 aromatic heterocycles. The highest BCUT2D eigenvalue weighted by Crippen LogP contribution is 2.50. The minimum absolute atomic E-state index is 0.0171. The Bertz CT molecular complexity index is 2060. The third kappa shape index (κ3) is 3.81. The van der Waals surface area contributed by atoms with Crippen molar-refractivity contribution in [1.29, 1.82) is 0 Å². The van der Waals surface area contributed by atoms with Crippen LogP contribution >= 0.6 is 0 Å². The highest BCUT2D eigenvalue weighted by molar-refractivity contribution is 6.11. The second-order valence-electron chi connectivity index (χ2n) is 12.5. The van der Waals surface area contributed by atoms with Gasteiger partial charge >= 0.3 is 0 Å². The Morgan fingerprint density at radius 2 is 1.59 bits per heavy atom. The van der Waals surface area contributed by atoms with Gasteiger partial charge in [-0.3, -0.25) is 4.98 Å². The molecule has 3 nitrogen and oxygen atoms in total. The average molecular weight is 568 g/mol. The van der Waals surface area contributed by atoms with Crippen LogP contribution in [0.1, 0.15) is 54.6 Å². The zero-order chi connectivity index (χ0) is 29.2. The van der Waals surface area contributed by atoms with Crippen LogP contribution in [0.2, 0.25) is 0 Å². The lowest BCUT2D eigenvalue weighted by Crippen LogP contribution is -2.30. The van der Waals surface area contributed by atoms with Gasteiger partial charge in [-0.25, -0.2) is 0 Å². The van der Waals surface area contributed by atoms with Crippen molar-refractivity contribution < 1.29 is 0 Å². The third-order valence-corrected chi connectivity index (χ3v) is 10.2. The number of benzene rings is 4. The lowest BCUT2D eigenvalue weighted by Gasteiger charge is -2.34. The molecule has 2 aliphatic carbocycles. The number of hydrogen-bond acceptors (Lipinski definition) is 3. The number of aromatic nitrogens is 1.